The largest absolute Gasteiger partial charge is 0.345 e. The Bertz CT molecular complexity index is 808. The SMILES string of the molecule is CCCCCC(=O)NC(=S)Nc1ccccc1C(=O)NC(C)c1ccccc1. The van der Waals surface area contributed by atoms with Crippen LogP contribution in [-0.2, 0) is 4.79 Å². The van der Waals surface area contributed by atoms with E-state index in [2.05, 4.69) is 22.9 Å². The molecule has 0 aliphatic heterocycles. The normalized spacial score (nSPS) is 11.4. The molecule has 2 amide bonds. The molecule has 2 aromatic carbocycles. The van der Waals surface area contributed by atoms with Crippen LogP contribution in [0.25, 0.3) is 0 Å². The van der Waals surface area contributed by atoms with Gasteiger partial charge in [0.15, 0.2) is 5.11 Å². The average molecular weight is 398 g/mol. The first-order valence-electron chi connectivity index (χ1n) is 9.57. The third kappa shape index (κ3) is 6.78. The van der Waals surface area contributed by atoms with Crippen molar-refractivity contribution in [2.24, 2.45) is 0 Å². The van der Waals surface area contributed by atoms with Gasteiger partial charge >= 0.3 is 0 Å². The van der Waals surface area contributed by atoms with E-state index in [0.717, 1.165) is 24.8 Å². The van der Waals surface area contributed by atoms with Gasteiger partial charge in [-0.15, -0.1) is 0 Å². The Morgan fingerprint density at radius 3 is 2.39 bits per heavy atom. The smallest absolute Gasteiger partial charge is 0.253 e. The second-order valence-electron chi connectivity index (χ2n) is 6.61. The van der Waals surface area contributed by atoms with E-state index in [0.29, 0.717) is 17.7 Å². The van der Waals surface area contributed by atoms with Gasteiger partial charge in [-0.05, 0) is 43.3 Å². The molecule has 0 spiro atoms. The van der Waals surface area contributed by atoms with E-state index >= 15 is 0 Å². The van der Waals surface area contributed by atoms with Gasteiger partial charge in [0.05, 0.1) is 17.3 Å². The maximum absolute atomic E-state index is 12.7. The van der Waals surface area contributed by atoms with Gasteiger partial charge in [0, 0.05) is 6.42 Å². The van der Waals surface area contributed by atoms with Crippen LogP contribution >= 0.6 is 12.2 Å². The number of thiocarbonyl (C=S) groups is 1. The molecule has 0 aliphatic carbocycles. The Kier molecular flexibility index (Phi) is 8.62. The first kappa shape index (κ1) is 21.6. The standard InChI is InChI=1S/C22H27N3O2S/c1-3-4-6-15-20(26)25-22(28)24-19-14-10-9-13-18(19)21(27)23-16(2)17-11-7-5-8-12-17/h5,7-14,16H,3-4,6,15H2,1-2H3,(H,23,27)(H2,24,25,26,28). The lowest BCUT2D eigenvalue weighted by Gasteiger charge is -2.17. The predicted molar refractivity (Wildman–Crippen MR) is 117 cm³/mol. The van der Waals surface area contributed by atoms with E-state index in [1.807, 2.05) is 43.3 Å². The molecule has 0 fully saturated rings. The fourth-order valence-corrected chi connectivity index (χ4v) is 2.99. The number of carbonyl (C=O) groups is 2. The first-order chi connectivity index (χ1) is 13.5. The molecule has 6 heteroatoms. The second kappa shape index (κ2) is 11.2. The molecule has 2 aromatic rings. The van der Waals surface area contributed by atoms with Crippen molar-refractivity contribution in [1.29, 1.82) is 0 Å². The minimum Gasteiger partial charge on any atom is -0.345 e. The van der Waals surface area contributed by atoms with Crippen LogP contribution in [0.4, 0.5) is 5.69 Å². The summed E-state index contributed by atoms with van der Waals surface area (Å²) in [5.74, 6) is -0.331. The van der Waals surface area contributed by atoms with Crippen LogP contribution in [0.1, 0.15) is 61.5 Å². The molecule has 2 rings (SSSR count). The Labute approximate surface area is 171 Å². The van der Waals surface area contributed by atoms with Gasteiger partial charge in [-0.25, -0.2) is 0 Å². The van der Waals surface area contributed by atoms with Crippen molar-refractivity contribution < 1.29 is 9.59 Å². The Balaban J connectivity index is 1.99. The number of hydrogen-bond acceptors (Lipinski definition) is 3. The van der Waals surface area contributed by atoms with Gasteiger partial charge in [0.25, 0.3) is 5.91 Å². The summed E-state index contributed by atoms with van der Waals surface area (Å²) in [5.41, 5.74) is 2.04. The molecular weight excluding hydrogens is 370 g/mol. The number of carbonyl (C=O) groups excluding carboxylic acids is 2. The summed E-state index contributed by atoms with van der Waals surface area (Å²) in [6.07, 6.45) is 3.34. The highest BCUT2D eigenvalue weighted by atomic mass is 32.1. The summed E-state index contributed by atoms with van der Waals surface area (Å²) in [4.78, 5) is 24.7. The van der Waals surface area contributed by atoms with E-state index in [9.17, 15) is 9.59 Å². The van der Waals surface area contributed by atoms with E-state index in [1.165, 1.54) is 0 Å². The summed E-state index contributed by atoms with van der Waals surface area (Å²) >= 11 is 5.23. The molecule has 0 radical (unpaired) electrons. The fourth-order valence-electron chi connectivity index (χ4n) is 2.77. The zero-order valence-electron chi connectivity index (χ0n) is 16.3. The summed E-state index contributed by atoms with van der Waals surface area (Å²) in [5, 5.41) is 8.82. The van der Waals surface area contributed by atoms with Crippen LogP contribution in [0.3, 0.4) is 0 Å². The number of anilines is 1. The molecular formula is C22H27N3O2S. The van der Waals surface area contributed by atoms with Crippen LogP contribution in [0, 0.1) is 0 Å². The number of rotatable bonds is 8. The first-order valence-corrected chi connectivity index (χ1v) is 9.97. The van der Waals surface area contributed by atoms with Gasteiger partial charge < -0.3 is 16.0 Å². The van der Waals surface area contributed by atoms with Crippen molar-refractivity contribution in [1.82, 2.24) is 10.6 Å². The average Bonchev–Trinajstić information content (AvgIpc) is 2.69. The van der Waals surface area contributed by atoms with Crippen molar-refractivity contribution in [3.8, 4) is 0 Å². The van der Waals surface area contributed by atoms with Crippen LogP contribution in [-0.4, -0.2) is 16.9 Å². The molecule has 0 heterocycles. The van der Waals surface area contributed by atoms with Gasteiger partial charge in [0.1, 0.15) is 0 Å². The monoisotopic (exact) mass is 397 g/mol. The number of nitrogens with one attached hydrogen (secondary N) is 3. The van der Waals surface area contributed by atoms with E-state index in [4.69, 9.17) is 12.2 Å². The minimum absolute atomic E-state index is 0.120. The van der Waals surface area contributed by atoms with Crippen LogP contribution in [0.5, 0.6) is 0 Å². The van der Waals surface area contributed by atoms with Crippen LogP contribution < -0.4 is 16.0 Å². The fraction of sp³-hybridized carbons (Fsp3) is 0.318. The van der Waals surface area contributed by atoms with Gasteiger partial charge in [-0.3, -0.25) is 9.59 Å². The summed E-state index contributed by atoms with van der Waals surface area (Å²) < 4.78 is 0. The Morgan fingerprint density at radius 2 is 1.68 bits per heavy atom. The van der Waals surface area contributed by atoms with E-state index < -0.39 is 0 Å². The molecule has 0 aromatic heterocycles. The van der Waals surface area contributed by atoms with Crippen molar-refractivity contribution in [3.05, 3.63) is 65.7 Å². The van der Waals surface area contributed by atoms with Gasteiger partial charge in [-0.1, -0.05) is 62.2 Å². The highest BCUT2D eigenvalue weighted by Gasteiger charge is 2.15. The molecule has 0 bridgehead atoms. The van der Waals surface area contributed by atoms with Gasteiger partial charge in [0.2, 0.25) is 5.91 Å². The number of amides is 2. The number of para-hydroxylation sites is 1. The minimum atomic E-state index is -0.212. The maximum Gasteiger partial charge on any atom is 0.253 e. The predicted octanol–water partition coefficient (Wildman–Crippen LogP) is 4.57. The molecule has 1 atom stereocenters. The highest BCUT2D eigenvalue weighted by Crippen LogP contribution is 2.18. The maximum atomic E-state index is 12.7. The number of hydrogen-bond donors (Lipinski definition) is 3. The molecule has 28 heavy (non-hydrogen) atoms. The lowest BCUT2D eigenvalue weighted by molar-refractivity contribution is -0.119. The zero-order valence-corrected chi connectivity index (χ0v) is 17.1. The van der Waals surface area contributed by atoms with Crippen molar-refractivity contribution in [3.63, 3.8) is 0 Å². The van der Waals surface area contributed by atoms with Crippen LogP contribution in [0.2, 0.25) is 0 Å². The second-order valence-corrected chi connectivity index (χ2v) is 7.02. The third-order valence-electron chi connectivity index (χ3n) is 4.33. The summed E-state index contributed by atoms with van der Waals surface area (Å²) in [6.45, 7) is 4.02. The van der Waals surface area contributed by atoms with E-state index in [-0.39, 0.29) is 23.0 Å². The zero-order chi connectivity index (χ0) is 20.4. The molecule has 0 aliphatic rings. The summed E-state index contributed by atoms with van der Waals surface area (Å²) in [6, 6.07) is 16.7. The molecule has 1 unspecified atom stereocenters. The van der Waals surface area contributed by atoms with Crippen molar-refractivity contribution >= 4 is 34.8 Å². The van der Waals surface area contributed by atoms with E-state index in [1.54, 1.807) is 18.2 Å². The lowest BCUT2D eigenvalue weighted by Crippen LogP contribution is -2.35. The highest BCUT2D eigenvalue weighted by molar-refractivity contribution is 7.80. The molecule has 5 nitrogen and oxygen atoms in total. The van der Waals surface area contributed by atoms with Crippen molar-refractivity contribution in [2.75, 3.05) is 5.32 Å². The quantitative estimate of drug-likeness (QED) is 0.451. The Hall–Kier alpha value is -2.73. The molecule has 0 saturated carbocycles. The van der Waals surface area contributed by atoms with Crippen LogP contribution in [0.15, 0.2) is 54.6 Å². The van der Waals surface area contributed by atoms with Gasteiger partial charge in [-0.2, -0.15) is 0 Å². The number of benzene rings is 2. The Morgan fingerprint density at radius 1 is 1.00 bits per heavy atom. The van der Waals surface area contributed by atoms with Crippen molar-refractivity contribution in [2.45, 2.75) is 45.6 Å². The molecule has 148 valence electrons. The third-order valence-corrected chi connectivity index (χ3v) is 4.53. The summed E-state index contributed by atoms with van der Waals surface area (Å²) in [7, 11) is 0. The number of unbranched alkanes of at least 4 members (excludes halogenated alkanes) is 2. The lowest BCUT2D eigenvalue weighted by atomic mass is 10.1. The molecule has 0 saturated heterocycles. The molecule has 3 N–H and O–H groups in total. The topological polar surface area (TPSA) is 70.2 Å².